The van der Waals surface area contributed by atoms with Crippen molar-refractivity contribution in [1.82, 2.24) is 14.3 Å². The Morgan fingerprint density at radius 1 is 1.20 bits per heavy atom. The van der Waals surface area contributed by atoms with E-state index in [0.29, 0.717) is 38.1 Å². The van der Waals surface area contributed by atoms with Gasteiger partial charge in [0.1, 0.15) is 15.8 Å². The summed E-state index contributed by atoms with van der Waals surface area (Å²) in [6.45, 7) is 10.00. The van der Waals surface area contributed by atoms with Crippen molar-refractivity contribution in [2.45, 2.75) is 40.2 Å². The lowest BCUT2D eigenvalue weighted by atomic mass is 9.91. The van der Waals surface area contributed by atoms with Crippen molar-refractivity contribution >= 4 is 51.7 Å². The molecular weight excluding hydrogens is 416 g/mol. The predicted molar refractivity (Wildman–Crippen MR) is 127 cm³/mol. The number of amides is 1. The number of carbonyl (C=O) groups excluding carboxylic acids is 1. The molecule has 0 saturated carbocycles. The van der Waals surface area contributed by atoms with Gasteiger partial charge in [-0.25, -0.2) is 4.98 Å². The zero-order valence-electron chi connectivity index (χ0n) is 17.7. The summed E-state index contributed by atoms with van der Waals surface area (Å²) in [5, 5.41) is 0. The van der Waals surface area contributed by atoms with E-state index < -0.39 is 0 Å². The molecule has 2 aliphatic heterocycles. The van der Waals surface area contributed by atoms with E-state index in [1.54, 1.807) is 17.2 Å². The number of hydrogen-bond donors (Lipinski definition) is 0. The summed E-state index contributed by atoms with van der Waals surface area (Å²) in [5.41, 5.74) is 0.885. The van der Waals surface area contributed by atoms with Crippen molar-refractivity contribution in [3.05, 3.63) is 45.2 Å². The average molecular weight is 443 g/mol. The number of thiocarbonyl (C=S) groups is 1. The van der Waals surface area contributed by atoms with Gasteiger partial charge < -0.3 is 4.90 Å². The molecule has 4 rings (SSSR count). The Hall–Kier alpha value is -2.19. The van der Waals surface area contributed by atoms with Crippen molar-refractivity contribution in [2.75, 3.05) is 18.0 Å². The van der Waals surface area contributed by atoms with E-state index in [4.69, 9.17) is 17.2 Å². The number of nitrogens with zero attached hydrogens (tertiary/aromatic N) is 4. The molecule has 0 aliphatic carbocycles. The van der Waals surface area contributed by atoms with Crippen LogP contribution in [0.1, 0.15) is 39.7 Å². The maximum atomic E-state index is 13.4. The molecule has 0 bridgehead atoms. The summed E-state index contributed by atoms with van der Waals surface area (Å²) >= 11 is 6.65. The standard InChI is InChI=1S/C22H26N4O2S2/c1-13(2)26-21(28)17(30-22(26)29)10-16-19(24-11-14(3)9-15(4)12-24)23-18-7-5-6-8-25(18)20(16)27/h5-8,10,13-15H,9,11-12H2,1-4H3/b17-10+/t14-,15-/m1/s1. The molecule has 0 unspecified atom stereocenters. The first-order valence-electron chi connectivity index (χ1n) is 10.3. The first kappa shape index (κ1) is 21.1. The molecule has 4 heterocycles. The molecule has 0 aromatic carbocycles. The second kappa shape index (κ2) is 8.15. The molecule has 0 N–H and O–H groups in total. The number of piperidine rings is 1. The van der Waals surface area contributed by atoms with Gasteiger partial charge >= 0.3 is 0 Å². The van der Waals surface area contributed by atoms with Crippen LogP contribution in [0, 0.1) is 11.8 Å². The second-order valence-corrected chi connectivity index (χ2v) is 10.3. The largest absolute Gasteiger partial charge is 0.355 e. The van der Waals surface area contributed by atoms with Crippen LogP contribution >= 0.6 is 24.0 Å². The molecule has 2 aromatic rings. The Kier molecular flexibility index (Phi) is 5.72. The normalized spacial score (nSPS) is 24.0. The summed E-state index contributed by atoms with van der Waals surface area (Å²) in [6.07, 6.45) is 4.56. The molecule has 2 saturated heterocycles. The Morgan fingerprint density at radius 3 is 2.53 bits per heavy atom. The number of aromatic nitrogens is 2. The van der Waals surface area contributed by atoms with Crippen LogP contribution in [0.5, 0.6) is 0 Å². The number of fused-ring (bicyclic) bond motifs is 1. The minimum Gasteiger partial charge on any atom is -0.355 e. The molecule has 2 aliphatic rings. The van der Waals surface area contributed by atoms with E-state index in [2.05, 4.69) is 18.7 Å². The molecule has 2 atom stereocenters. The maximum Gasteiger partial charge on any atom is 0.267 e. The van der Waals surface area contributed by atoms with Crippen LogP contribution in [0.25, 0.3) is 11.7 Å². The first-order chi connectivity index (χ1) is 14.3. The van der Waals surface area contributed by atoms with Gasteiger partial charge in [0, 0.05) is 25.3 Å². The molecular formula is C22H26N4O2S2. The van der Waals surface area contributed by atoms with E-state index in [1.807, 2.05) is 32.0 Å². The van der Waals surface area contributed by atoms with Gasteiger partial charge in [-0.15, -0.1) is 0 Å². The van der Waals surface area contributed by atoms with Crippen molar-refractivity contribution < 1.29 is 4.79 Å². The average Bonchev–Trinajstić information content (AvgIpc) is 2.96. The zero-order valence-corrected chi connectivity index (χ0v) is 19.3. The highest BCUT2D eigenvalue weighted by molar-refractivity contribution is 8.26. The molecule has 6 nitrogen and oxygen atoms in total. The Morgan fingerprint density at radius 2 is 1.90 bits per heavy atom. The SMILES string of the molecule is CC(C)N1C(=O)/C(=C\c2c(N3C[C@H](C)C[C@@H](C)C3)nc3ccccn3c2=O)SC1=S. The van der Waals surface area contributed by atoms with Gasteiger partial charge in [-0.05, 0) is 50.3 Å². The third kappa shape index (κ3) is 3.78. The van der Waals surface area contributed by atoms with Crippen LogP contribution in [0.3, 0.4) is 0 Å². The number of anilines is 1. The van der Waals surface area contributed by atoms with Crippen molar-refractivity contribution in [2.24, 2.45) is 11.8 Å². The Balaban J connectivity index is 1.88. The third-order valence-electron chi connectivity index (χ3n) is 5.53. The molecule has 0 radical (unpaired) electrons. The molecule has 8 heteroatoms. The number of carbonyl (C=O) groups is 1. The topological polar surface area (TPSA) is 57.9 Å². The van der Waals surface area contributed by atoms with E-state index in [-0.39, 0.29) is 17.5 Å². The van der Waals surface area contributed by atoms with Crippen molar-refractivity contribution in [1.29, 1.82) is 0 Å². The zero-order chi connectivity index (χ0) is 21.6. The van der Waals surface area contributed by atoms with Crippen LogP contribution in [-0.2, 0) is 4.79 Å². The highest BCUT2D eigenvalue weighted by atomic mass is 32.2. The van der Waals surface area contributed by atoms with Crippen LogP contribution in [0.4, 0.5) is 5.82 Å². The fourth-order valence-corrected chi connectivity index (χ4v) is 5.86. The predicted octanol–water partition coefficient (Wildman–Crippen LogP) is 3.79. The van der Waals surface area contributed by atoms with Gasteiger partial charge in [-0.1, -0.05) is 43.9 Å². The number of pyridine rings is 1. The minimum atomic E-state index is -0.170. The number of hydrogen-bond acceptors (Lipinski definition) is 6. The lowest BCUT2D eigenvalue weighted by molar-refractivity contribution is -0.123. The quantitative estimate of drug-likeness (QED) is 0.533. The third-order valence-corrected chi connectivity index (χ3v) is 6.86. The molecule has 30 heavy (non-hydrogen) atoms. The number of thioether (sulfide) groups is 1. The van der Waals surface area contributed by atoms with Crippen LogP contribution in [-0.4, -0.2) is 43.6 Å². The van der Waals surface area contributed by atoms with Crippen LogP contribution in [0.2, 0.25) is 0 Å². The summed E-state index contributed by atoms with van der Waals surface area (Å²) in [6, 6.07) is 5.50. The second-order valence-electron chi connectivity index (χ2n) is 8.58. The summed E-state index contributed by atoms with van der Waals surface area (Å²) < 4.78 is 2.06. The van der Waals surface area contributed by atoms with E-state index in [1.165, 1.54) is 16.2 Å². The Labute approximate surface area is 186 Å². The number of rotatable bonds is 3. The summed E-state index contributed by atoms with van der Waals surface area (Å²) in [4.78, 5) is 35.5. The lowest BCUT2D eigenvalue weighted by Crippen LogP contribution is -2.40. The molecule has 158 valence electrons. The van der Waals surface area contributed by atoms with E-state index in [9.17, 15) is 9.59 Å². The molecule has 2 fully saturated rings. The first-order valence-corrected chi connectivity index (χ1v) is 11.5. The molecule has 0 spiro atoms. The monoisotopic (exact) mass is 442 g/mol. The maximum absolute atomic E-state index is 13.4. The smallest absolute Gasteiger partial charge is 0.267 e. The fourth-order valence-electron chi connectivity index (χ4n) is 4.35. The highest BCUT2D eigenvalue weighted by Gasteiger charge is 2.35. The van der Waals surface area contributed by atoms with Crippen LogP contribution < -0.4 is 10.5 Å². The van der Waals surface area contributed by atoms with Gasteiger partial charge in [-0.2, -0.15) is 0 Å². The molecule has 2 aromatic heterocycles. The summed E-state index contributed by atoms with van der Waals surface area (Å²) in [5.74, 6) is 1.52. The van der Waals surface area contributed by atoms with Crippen LogP contribution in [0.15, 0.2) is 34.1 Å². The fraction of sp³-hybridized carbons (Fsp3) is 0.455. The minimum absolute atomic E-state index is 0.0255. The lowest BCUT2D eigenvalue weighted by Gasteiger charge is -2.36. The Bertz CT molecular complexity index is 1100. The summed E-state index contributed by atoms with van der Waals surface area (Å²) in [7, 11) is 0. The van der Waals surface area contributed by atoms with Gasteiger partial charge in [0.05, 0.1) is 10.5 Å². The van der Waals surface area contributed by atoms with E-state index in [0.717, 1.165) is 19.5 Å². The van der Waals surface area contributed by atoms with Gasteiger partial charge in [0.25, 0.3) is 11.5 Å². The van der Waals surface area contributed by atoms with Gasteiger partial charge in [0.15, 0.2) is 0 Å². The molecule has 1 amide bonds. The van der Waals surface area contributed by atoms with Gasteiger partial charge in [0.2, 0.25) is 0 Å². The van der Waals surface area contributed by atoms with Crippen molar-refractivity contribution in [3.8, 4) is 0 Å². The van der Waals surface area contributed by atoms with E-state index >= 15 is 0 Å². The van der Waals surface area contributed by atoms with Crippen molar-refractivity contribution in [3.63, 3.8) is 0 Å². The highest BCUT2D eigenvalue weighted by Crippen LogP contribution is 2.35. The van der Waals surface area contributed by atoms with Gasteiger partial charge in [-0.3, -0.25) is 18.9 Å².